The molecule has 0 aromatic heterocycles. The Balaban J connectivity index is 2.02. The third kappa shape index (κ3) is 3.32. The lowest BCUT2D eigenvalue weighted by atomic mass is 9.99. The minimum absolute atomic E-state index is 0.104. The number of methoxy groups -OCH3 is 2. The van der Waals surface area contributed by atoms with Gasteiger partial charge in [-0.2, -0.15) is 0 Å². The minimum atomic E-state index is -2.05. The molecule has 158 valence electrons. The van der Waals surface area contributed by atoms with Gasteiger partial charge in [0.2, 0.25) is 0 Å². The highest BCUT2D eigenvalue weighted by Gasteiger charge is 2.41. The van der Waals surface area contributed by atoms with Gasteiger partial charge in [-0.25, -0.2) is 0 Å². The van der Waals surface area contributed by atoms with E-state index in [1.54, 1.807) is 14.2 Å². The fourth-order valence-corrected chi connectivity index (χ4v) is 5.67. The van der Waals surface area contributed by atoms with Crippen LogP contribution in [0.3, 0.4) is 0 Å². The molecule has 0 saturated heterocycles. The SMILES string of the molecule is COc1ccc2c(c1)Cc1c-2c(Br)c2ccc(OC)cc2c1O[Si](C)(C)C(C)(C)C. The number of halogens is 1. The number of hydrogen-bond donors (Lipinski definition) is 0. The van der Waals surface area contributed by atoms with Crippen LogP contribution in [0.5, 0.6) is 17.2 Å². The van der Waals surface area contributed by atoms with E-state index in [4.69, 9.17) is 13.9 Å². The van der Waals surface area contributed by atoms with Gasteiger partial charge in [0.25, 0.3) is 8.32 Å². The molecule has 0 aliphatic heterocycles. The number of fused-ring (bicyclic) bond motifs is 4. The zero-order valence-corrected chi connectivity index (χ0v) is 21.4. The predicted octanol–water partition coefficient (Wildman–Crippen LogP) is 7.57. The van der Waals surface area contributed by atoms with Crippen molar-refractivity contribution in [1.29, 1.82) is 0 Å². The molecular formula is C25H29BrO3Si. The smallest absolute Gasteiger partial charge is 0.250 e. The molecule has 0 N–H and O–H groups in total. The van der Waals surface area contributed by atoms with Gasteiger partial charge in [0, 0.05) is 32.8 Å². The molecule has 0 heterocycles. The van der Waals surface area contributed by atoms with Crippen LogP contribution >= 0.6 is 15.9 Å². The maximum Gasteiger partial charge on any atom is 0.250 e. The molecule has 0 fully saturated rings. The molecule has 0 bridgehead atoms. The molecule has 0 radical (unpaired) electrons. The molecule has 0 saturated carbocycles. The van der Waals surface area contributed by atoms with Crippen molar-refractivity contribution >= 4 is 35.0 Å². The highest BCUT2D eigenvalue weighted by Crippen LogP contribution is 2.52. The summed E-state index contributed by atoms with van der Waals surface area (Å²) in [6.07, 6.45) is 0.831. The van der Waals surface area contributed by atoms with Crippen molar-refractivity contribution in [3.8, 4) is 28.4 Å². The van der Waals surface area contributed by atoms with E-state index in [9.17, 15) is 0 Å². The number of hydrogen-bond acceptors (Lipinski definition) is 3. The summed E-state index contributed by atoms with van der Waals surface area (Å²) in [5.74, 6) is 2.73. The van der Waals surface area contributed by atoms with Crippen LogP contribution in [0.4, 0.5) is 0 Å². The summed E-state index contributed by atoms with van der Waals surface area (Å²) >= 11 is 3.92. The average molecular weight is 485 g/mol. The van der Waals surface area contributed by atoms with Gasteiger partial charge in [-0.05, 0) is 75.5 Å². The monoisotopic (exact) mass is 484 g/mol. The maximum atomic E-state index is 7.00. The second-order valence-corrected chi connectivity index (χ2v) is 15.0. The molecule has 3 nitrogen and oxygen atoms in total. The Bertz CT molecular complexity index is 1150. The Morgan fingerprint density at radius 3 is 2.17 bits per heavy atom. The van der Waals surface area contributed by atoms with Crippen LogP contribution in [-0.4, -0.2) is 22.5 Å². The van der Waals surface area contributed by atoms with Gasteiger partial charge in [-0.3, -0.25) is 0 Å². The first-order chi connectivity index (χ1) is 14.1. The third-order valence-electron chi connectivity index (χ3n) is 6.62. The van der Waals surface area contributed by atoms with E-state index >= 15 is 0 Å². The van der Waals surface area contributed by atoms with Crippen LogP contribution in [0, 0.1) is 0 Å². The molecule has 4 rings (SSSR count). The second-order valence-electron chi connectivity index (χ2n) is 9.47. The van der Waals surface area contributed by atoms with Crippen LogP contribution in [-0.2, 0) is 6.42 Å². The van der Waals surface area contributed by atoms with Gasteiger partial charge in [-0.15, -0.1) is 0 Å². The molecule has 30 heavy (non-hydrogen) atoms. The number of benzene rings is 3. The van der Waals surface area contributed by atoms with E-state index in [0.29, 0.717) is 0 Å². The Hall–Kier alpha value is -1.98. The van der Waals surface area contributed by atoms with Crippen molar-refractivity contribution in [3.63, 3.8) is 0 Å². The van der Waals surface area contributed by atoms with Crippen molar-refractivity contribution < 1.29 is 13.9 Å². The molecule has 0 amide bonds. The zero-order valence-electron chi connectivity index (χ0n) is 18.8. The van der Waals surface area contributed by atoms with E-state index < -0.39 is 8.32 Å². The highest BCUT2D eigenvalue weighted by molar-refractivity contribution is 9.10. The Morgan fingerprint density at radius 2 is 1.53 bits per heavy atom. The summed E-state index contributed by atoms with van der Waals surface area (Å²) in [5, 5.41) is 2.35. The first-order valence-electron chi connectivity index (χ1n) is 10.3. The summed E-state index contributed by atoms with van der Waals surface area (Å²) in [5.41, 5.74) is 5.00. The lowest BCUT2D eigenvalue weighted by Gasteiger charge is -2.37. The van der Waals surface area contributed by atoms with Crippen molar-refractivity contribution in [3.05, 3.63) is 52.0 Å². The van der Waals surface area contributed by atoms with Crippen molar-refractivity contribution in [2.45, 2.75) is 45.3 Å². The minimum Gasteiger partial charge on any atom is -0.543 e. The molecule has 5 heteroatoms. The first-order valence-corrected chi connectivity index (χ1v) is 14.0. The first kappa shape index (κ1) is 21.3. The number of ether oxygens (including phenoxy) is 2. The second kappa shape index (κ2) is 7.31. The van der Waals surface area contributed by atoms with Crippen LogP contribution in [0.25, 0.3) is 21.9 Å². The molecular weight excluding hydrogens is 456 g/mol. The van der Waals surface area contributed by atoms with Gasteiger partial charge < -0.3 is 13.9 Å². The van der Waals surface area contributed by atoms with E-state index in [1.807, 2.05) is 12.1 Å². The summed E-state index contributed by atoms with van der Waals surface area (Å²) in [7, 11) is 1.37. The van der Waals surface area contributed by atoms with Crippen LogP contribution in [0.2, 0.25) is 18.1 Å². The molecule has 0 atom stereocenters. The lowest BCUT2D eigenvalue weighted by Crippen LogP contribution is -2.44. The van der Waals surface area contributed by atoms with Crippen molar-refractivity contribution in [1.82, 2.24) is 0 Å². The van der Waals surface area contributed by atoms with Crippen LogP contribution in [0.1, 0.15) is 31.9 Å². The molecule has 1 aliphatic rings. The summed E-state index contributed by atoms with van der Waals surface area (Å²) in [6.45, 7) is 11.4. The summed E-state index contributed by atoms with van der Waals surface area (Å²) in [6, 6.07) is 12.6. The quantitative estimate of drug-likeness (QED) is 0.279. The van der Waals surface area contributed by atoms with Crippen molar-refractivity contribution in [2.24, 2.45) is 0 Å². The average Bonchev–Trinajstić information content (AvgIpc) is 3.08. The Labute approximate surface area is 188 Å². The standard InChI is InChI=1S/C25H29BrO3Si/c1-25(2,3)30(6,7)29-24-20-14-17(28-5)9-11-19(20)23(26)22-18-10-8-16(27-4)12-15(18)13-21(22)24/h8-12,14H,13H2,1-7H3. The lowest BCUT2D eigenvalue weighted by molar-refractivity contribution is 0.414. The van der Waals surface area contributed by atoms with Gasteiger partial charge in [0.1, 0.15) is 17.2 Å². The van der Waals surface area contributed by atoms with E-state index in [0.717, 1.165) is 38.9 Å². The summed E-state index contributed by atoms with van der Waals surface area (Å²) < 4.78 is 19.1. The normalized spacial score (nSPS) is 13.2. The molecule has 0 spiro atoms. The van der Waals surface area contributed by atoms with Crippen LogP contribution in [0.15, 0.2) is 40.9 Å². The van der Waals surface area contributed by atoms with Gasteiger partial charge >= 0.3 is 0 Å². The molecule has 3 aromatic rings. The number of rotatable bonds is 4. The molecule has 1 aliphatic carbocycles. The summed E-state index contributed by atoms with van der Waals surface area (Å²) in [4.78, 5) is 0. The third-order valence-corrected chi connectivity index (χ3v) is 11.8. The molecule has 3 aromatic carbocycles. The van der Waals surface area contributed by atoms with E-state index in [-0.39, 0.29) is 5.04 Å². The fraction of sp³-hybridized carbons (Fsp3) is 0.360. The Kier molecular flexibility index (Phi) is 5.18. The maximum absolute atomic E-state index is 7.00. The van der Waals surface area contributed by atoms with Gasteiger partial charge in [0.15, 0.2) is 0 Å². The van der Waals surface area contributed by atoms with Gasteiger partial charge in [0.05, 0.1) is 14.2 Å². The predicted molar refractivity (Wildman–Crippen MR) is 131 cm³/mol. The van der Waals surface area contributed by atoms with Crippen molar-refractivity contribution in [2.75, 3.05) is 14.2 Å². The highest BCUT2D eigenvalue weighted by atomic mass is 79.9. The largest absolute Gasteiger partial charge is 0.543 e. The fourth-order valence-electron chi connectivity index (χ4n) is 3.82. The van der Waals surface area contributed by atoms with E-state index in [1.165, 1.54) is 22.3 Å². The van der Waals surface area contributed by atoms with E-state index in [2.05, 4.69) is 74.1 Å². The van der Waals surface area contributed by atoms with Crippen LogP contribution < -0.4 is 13.9 Å². The topological polar surface area (TPSA) is 27.7 Å². The molecule has 0 unspecified atom stereocenters. The van der Waals surface area contributed by atoms with Gasteiger partial charge in [-0.1, -0.05) is 26.8 Å². The zero-order chi connectivity index (χ0) is 21.8. The Morgan fingerprint density at radius 1 is 0.900 bits per heavy atom.